The van der Waals surface area contributed by atoms with Crippen LogP contribution in [0.15, 0.2) is 79.3 Å². The van der Waals surface area contributed by atoms with Crippen LogP contribution < -0.4 is 0 Å². The zero-order valence-corrected chi connectivity index (χ0v) is 14.5. The van der Waals surface area contributed by atoms with E-state index in [1.165, 1.54) is 38.9 Å². The maximum Gasteiger partial charge on any atom is 0.0913 e. The van der Waals surface area contributed by atoms with Crippen molar-refractivity contribution in [3.05, 3.63) is 107 Å². The lowest BCUT2D eigenvalue weighted by Crippen LogP contribution is -2.27. The fourth-order valence-corrected chi connectivity index (χ4v) is 4.95. The van der Waals surface area contributed by atoms with Gasteiger partial charge in [-0.15, -0.1) is 0 Å². The molecule has 1 atom stereocenters. The van der Waals surface area contributed by atoms with Gasteiger partial charge >= 0.3 is 0 Å². The van der Waals surface area contributed by atoms with E-state index in [1.54, 1.807) is 0 Å². The number of aromatic nitrogens is 2. The molecule has 0 radical (unpaired) electrons. The summed E-state index contributed by atoms with van der Waals surface area (Å²) >= 11 is 6.45. The number of rotatable bonds is 0. The molecule has 0 saturated carbocycles. The summed E-state index contributed by atoms with van der Waals surface area (Å²) in [6, 6.07) is 21.0. The Morgan fingerprint density at radius 1 is 0.692 bits per heavy atom. The second-order valence-corrected chi connectivity index (χ2v) is 7.24. The normalized spacial score (nSPS) is 18.3. The molecule has 1 spiro atoms. The summed E-state index contributed by atoms with van der Waals surface area (Å²) in [6.07, 6.45) is 5.73. The number of fused-ring (bicyclic) bond motifs is 10. The van der Waals surface area contributed by atoms with Crippen molar-refractivity contribution in [3.8, 4) is 22.3 Å². The monoisotopic (exact) mass is 352 g/mol. The minimum atomic E-state index is -0.447. The first-order valence-electron chi connectivity index (χ1n) is 8.62. The van der Waals surface area contributed by atoms with Gasteiger partial charge in [0.25, 0.3) is 0 Å². The third-order valence-electron chi connectivity index (χ3n) is 5.69. The fraction of sp³-hybridized carbons (Fsp3) is 0.0435. The van der Waals surface area contributed by atoms with Crippen molar-refractivity contribution in [2.24, 2.45) is 0 Å². The average Bonchev–Trinajstić information content (AvgIpc) is 3.15. The molecule has 26 heavy (non-hydrogen) atoms. The smallest absolute Gasteiger partial charge is 0.0913 e. The SMILES string of the molecule is Clc1ccc2c(c1)C1(c3cnccc3-2)c2ccccc2-c2cccnc21. The van der Waals surface area contributed by atoms with Crippen molar-refractivity contribution in [2.75, 3.05) is 0 Å². The van der Waals surface area contributed by atoms with Crippen LogP contribution in [-0.2, 0) is 5.41 Å². The van der Waals surface area contributed by atoms with Crippen LogP contribution in [0.2, 0.25) is 5.02 Å². The van der Waals surface area contributed by atoms with Gasteiger partial charge < -0.3 is 0 Å². The zero-order valence-electron chi connectivity index (χ0n) is 13.8. The third-order valence-corrected chi connectivity index (χ3v) is 5.92. The first kappa shape index (κ1) is 14.2. The highest BCUT2D eigenvalue weighted by atomic mass is 35.5. The van der Waals surface area contributed by atoms with Crippen LogP contribution in [0.25, 0.3) is 22.3 Å². The molecule has 0 N–H and O–H groups in total. The van der Waals surface area contributed by atoms with E-state index in [2.05, 4.69) is 53.5 Å². The van der Waals surface area contributed by atoms with E-state index in [1.807, 2.05) is 30.7 Å². The summed E-state index contributed by atoms with van der Waals surface area (Å²) in [6.45, 7) is 0. The van der Waals surface area contributed by atoms with Gasteiger partial charge in [-0.1, -0.05) is 48.0 Å². The highest BCUT2D eigenvalue weighted by Gasteiger charge is 2.52. The van der Waals surface area contributed by atoms with E-state index in [0.717, 1.165) is 10.7 Å². The standard InChI is InChI=1S/C23H13ClN2/c24-14-7-8-16-17-9-11-25-13-21(17)23(20(16)12-14)19-6-2-1-4-15(19)18-5-3-10-26-22(18)23/h1-13H. The summed E-state index contributed by atoms with van der Waals surface area (Å²) < 4.78 is 0. The lowest BCUT2D eigenvalue weighted by molar-refractivity contribution is 0.756. The van der Waals surface area contributed by atoms with Crippen molar-refractivity contribution in [3.63, 3.8) is 0 Å². The number of nitrogens with zero attached hydrogens (tertiary/aromatic N) is 2. The molecule has 0 fully saturated rings. The maximum absolute atomic E-state index is 6.45. The number of hydrogen-bond donors (Lipinski definition) is 0. The molecule has 2 aliphatic rings. The van der Waals surface area contributed by atoms with Crippen LogP contribution in [0.5, 0.6) is 0 Å². The van der Waals surface area contributed by atoms with Crippen LogP contribution in [0, 0.1) is 0 Å². The highest BCUT2D eigenvalue weighted by molar-refractivity contribution is 6.30. The Morgan fingerprint density at radius 3 is 2.46 bits per heavy atom. The van der Waals surface area contributed by atoms with Gasteiger partial charge in [0.2, 0.25) is 0 Å². The molecule has 6 rings (SSSR count). The minimum absolute atomic E-state index is 0.447. The van der Waals surface area contributed by atoms with Crippen LogP contribution in [0.1, 0.15) is 22.4 Å². The van der Waals surface area contributed by atoms with Crippen LogP contribution in [0.4, 0.5) is 0 Å². The Hall–Kier alpha value is -2.97. The Bertz CT molecular complexity index is 1150. The van der Waals surface area contributed by atoms with Gasteiger partial charge in [0.15, 0.2) is 0 Å². The van der Waals surface area contributed by atoms with Crippen molar-refractivity contribution in [2.45, 2.75) is 5.41 Å². The van der Waals surface area contributed by atoms with Gasteiger partial charge in [-0.25, -0.2) is 0 Å². The summed E-state index contributed by atoms with van der Waals surface area (Å²) in [5.74, 6) is 0. The van der Waals surface area contributed by atoms with Gasteiger partial charge in [0.1, 0.15) is 0 Å². The molecule has 0 amide bonds. The second-order valence-electron chi connectivity index (χ2n) is 6.81. The number of benzene rings is 2. The van der Waals surface area contributed by atoms with Crippen molar-refractivity contribution in [1.82, 2.24) is 9.97 Å². The average molecular weight is 353 g/mol. The Kier molecular flexibility index (Phi) is 2.63. The quantitative estimate of drug-likeness (QED) is 0.362. The minimum Gasteiger partial charge on any atom is -0.264 e. The molecule has 122 valence electrons. The summed E-state index contributed by atoms with van der Waals surface area (Å²) in [5, 5.41) is 0.741. The Labute approximate surface area is 156 Å². The molecule has 3 heteroatoms. The molecule has 2 aromatic carbocycles. The van der Waals surface area contributed by atoms with Gasteiger partial charge in [0.05, 0.1) is 11.1 Å². The first-order chi connectivity index (χ1) is 12.8. The molecule has 2 aromatic heterocycles. The lowest BCUT2D eigenvalue weighted by Gasteiger charge is -2.28. The van der Waals surface area contributed by atoms with E-state index in [9.17, 15) is 0 Å². The van der Waals surface area contributed by atoms with E-state index in [0.29, 0.717) is 0 Å². The van der Waals surface area contributed by atoms with E-state index < -0.39 is 5.41 Å². The second kappa shape index (κ2) is 4.80. The molecule has 0 saturated heterocycles. The number of hydrogen-bond acceptors (Lipinski definition) is 2. The summed E-state index contributed by atoms with van der Waals surface area (Å²) in [4.78, 5) is 9.33. The highest BCUT2D eigenvalue weighted by Crippen LogP contribution is 2.61. The fourth-order valence-electron chi connectivity index (χ4n) is 4.77. The van der Waals surface area contributed by atoms with E-state index in [-0.39, 0.29) is 0 Å². The molecule has 2 aliphatic carbocycles. The third kappa shape index (κ3) is 1.50. The van der Waals surface area contributed by atoms with Crippen molar-refractivity contribution < 1.29 is 0 Å². The molecular formula is C23H13ClN2. The van der Waals surface area contributed by atoms with Gasteiger partial charge in [-0.2, -0.15) is 0 Å². The Morgan fingerprint density at radius 2 is 1.50 bits per heavy atom. The molecule has 4 aromatic rings. The summed E-state index contributed by atoms with van der Waals surface area (Å²) in [5.41, 5.74) is 9.08. The lowest BCUT2D eigenvalue weighted by atomic mass is 9.73. The van der Waals surface area contributed by atoms with E-state index >= 15 is 0 Å². The molecule has 0 aliphatic heterocycles. The van der Waals surface area contributed by atoms with Gasteiger partial charge in [0, 0.05) is 29.2 Å². The van der Waals surface area contributed by atoms with Crippen molar-refractivity contribution >= 4 is 11.6 Å². The molecule has 0 bridgehead atoms. The van der Waals surface area contributed by atoms with Crippen LogP contribution in [0.3, 0.4) is 0 Å². The maximum atomic E-state index is 6.45. The van der Waals surface area contributed by atoms with Gasteiger partial charge in [-0.3, -0.25) is 9.97 Å². The number of pyridine rings is 2. The molecular weight excluding hydrogens is 340 g/mol. The molecule has 1 unspecified atom stereocenters. The molecule has 2 nitrogen and oxygen atoms in total. The molecule has 2 heterocycles. The zero-order chi connectivity index (χ0) is 17.3. The van der Waals surface area contributed by atoms with Crippen LogP contribution in [-0.4, -0.2) is 9.97 Å². The van der Waals surface area contributed by atoms with E-state index in [4.69, 9.17) is 16.6 Å². The van der Waals surface area contributed by atoms with Gasteiger partial charge in [-0.05, 0) is 57.6 Å². The largest absolute Gasteiger partial charge is 0.264 e. The van der Waals surface area contributed by atoms with Crippen LogP contribution >= 0.6 is 11.6 Å². The van der Waals surface area contributed by atoms with Crippen molar-refractivity contribution in [1.29, 1.82) is 0 Å². The first-order valence-corrected chi connectivity index (χ1v) is 9.00. The summed E-state index contributed by atoms with van der Waals surface area (Å²) in [7, 11) is 0. The predicted octanol–water partition coefficient (Wildman–Crippen LogP) is 5.47. The Balaban J connectivity index is 1.88. The number of halogens is 1. The predicted molar refractivity (Wildman–Crippen MR) is 103 cm³/mol. The topological polar surface area (TPSA) is 25.8 Å².